The Labute approximate surface area is 131 Å². The quantitative estimate of drug-likeness (QED) is 0.699. The molecule has 0 amide bonds. The first kappa shape index (κ1) is 15.1. The molecular formula is C14H24ClN5O. The summed E-state index contributed by atoms with van der Waals surface area (Å²) in [7, 11) is 2.17. The first-order valence-corrected chi connectivity index (χ1v) is 8.03. The molecule has 118 valence electrons. The lowest BCUT2D eigenvalue weighted by Crippen LogP contribution is -2.50. The summed E-state index contributed by atoms with van der Waals surface area (Å²) >= 11 is 6.38. The topological polar surface area (TPSA) is 34.5 Å². The lowest BCUT2D eigenvalue weighted by molar-refractivity contribution is 0.0523. The molecule has 3 heterocycles. The second-order valence-corrected chi connectivity index (χ2v) is 6.17. The van der Waals surface area contributed by atoms with Crippen molar-refractivity contribution in [3.8, 4) is 0 Å². The van der Waals surface area contributed by atoms with Crippen molar-refractivity contribution in [3.63, 3.8) is 0 Å². The molecule has 0 aliphatic carbocycles. The SMILES string of the molecule is CN1CCN(CN2CC=C(N3CCOCC3)N=C2Cl)CC1. The van der Waals surface area contributed by atoms with Crippen LogP contribution in [0, 0.1) is 0 Å². The van der Waals surface area contributed by atoms with Gasteiger partial charge in [-0.25, -0.2) is 4.99 Å². The molecule has 2 fully saturated rings. The second-order valence-electron chi connectivity index (χ2n) is 5.83. The molecule has 2 saturated heterocycles. The first-order chi connectivity index (χ1) is 10.2. The Morgan fingerprint density at radius 1 is 1.14 bits per heavy atom. The fraction of sp³-hybridized carbons (Fsp3) is 0.786. The van der Waals surface area contributed by atoms with Gasteiger partial charge in [0.25, 0.3) is 0 Å². The largest absolute Gasteiger partial charge is 0.378 e. The van der Waals surface area contributed by atoms with Crippen LogP contribution in [0.25, 0.3) is 0 Å². The monoisotopic (exact) mass is 313 g/mol. The maximum atomic E-state index is 6.38. The van der Waals surface area contributed by atoms with Crippen LogP contribution in [-0.2, 0) is 4.74 Å². The van der Waals surface area contributed by atoms with Crippen LogP contribution in [0.15, 0.2) is 16.9 Å². The Balaban J connectivity index is 1.53. The molecular weight excluding hydrogens is 290 g/mol. The summed E-state index contributed by atoms with van der Waals surface area (Å²) in [4.78, 5) is 13.8. The summed E-state index contributed by atoms with van der Waals surface area (Å²) in [5.41, 5.74) is 0. The van der Waals surface area contributed by atoms with Gasteiger partial charge in [0.15, 0.2) is 0 Å². The van der Waals surface area contributed by atoms with Gasteiger partial charge in [-0.05, 0) is 24.7 Å². The summed E-state index contributed by atoms with van der Waals surface area (Å²) in [6.07, 6.45) is 2.17. The summed E-state index contributed by atoms with van der Waals surface area (Å²) < 4.78 is 5.38. The van der Waals surface area contributed by atoms with E-state index in [4.69, 9.17) is 16.3 Å². The predicted molar refractivity (Wildman–Crippen MR) is 84.4 cm³/mol. The molecule has 3 aliphatic heterocycles. The van der Waals surface area contributed by atoms with Crippen molar-refractivity contribution < 1.29 is 4.74 Å². The van der Waals surface area contributed by atoms with E-state index in [1.807, 2.05) is 0 Å². The molecule has 0 atom stereocenters. The molecule has 6 nitrogen and oxygen atoms in total. The van der Waals surface area contributed by atoms with Gasteiger partial charge in [0.1, 0.15) is 5.82 Å². The van der Waals surface area contributed by atoms with Gasteiger partial charge >= 0.3 is 0 Å². The second kappa shape index (κ2) is 6.96. The number of morpholine rings is 1. The number of hydrogen-bond acceptors (Lipinski definition) is 6. The van der Waals surface area contributed by atoms with Crippen molar-refractivity contribution in [2.45, 2.75) is 0 Å². The molecule has 0 unspecified atom stereocenters. The minimum atomic E-state index is 0.609. The van der Waals surface area contributed by atoms with E-state index in [2.05, 4.69) is 37.7 Å². The number of nitrogens with zero attached hydrogens (tertiary/aromatic N) is 5. The third-order valence-corrected chi connectivity index (χ3v) is 4.59. The van der Waals surface area contributed by atoms with Gasteiger partial charge in [-0.15, -0.1) is 0 Å². The fourth-order valence-electron chi connectivity index (χ4n) is 2.82. The Morgan fingerprint density at radius 3 is 2.52 bits per heavy atom. The minimum Gasteiger partial charge on any atom is -0.378 e. The number of amidine groups is 1. The van der Waals surface area contributed by atoms with E-state index >= 15 is 0 Å². The van der Waals surface area contributed by atoms with E-state index < -0.39 is 0 Å². The average molecular weight is 314 g/mol. The van der Waals surface area contributed by atoms with Crippen LogP contribution in [0.3, 0.4) is 0 Å². The number of rotatable bonds is 3. The molecule has 0 aromatic carbocycles. The zero-order chi connectivity index (χ0) is 14.7. The number of likely N-dealkylation sites (N-methyl/N-ethyl adjacent to an activating group) is 1. The van der Waals surface area contributed by atoms with Crippen LogP contribution in [0.1, 0.15) is 0 Å². The summed E-state index contributed by atoms with van der Waals surface area (Å²) in [6.45, 7) is 9.48. The average Bonchev–Trinajstić information content (AvgIpc) is 2.52. The third-order valence-electron chi connectivity index (χ3n) is 4.26. The predicted octanol–water partition coefficient (Wildman–Crippen LogP) is 0.275. The Hall–Kier alpha value is -0.820. The van der Waals surface area contributed by atoms with Crippen molar-refractivity contribution in [2.24, 2.45) is 4.99 Å². The van der Waals surface area contributed by atoms with E-state index in [9.17, 15) is 0 Å². The molecule has 21 heavy (non-hydrogen) atoms. The molecule has 0 aromatic heterocycles. The molecule has 0 saturated carbocycles. The molecule has 3 rings (SSSR count). The zero-order valence-electron chi connectivity index (χ0n) is 12.7. The lowest BCUT2D eigenvalue weighted by atomic mass is 10.3. The molecule has 0 bridgehead atoms. The van der Waals surface area contributed by atoms with Crippen LogP contribution >= 0.6 is 11.6 Å². The van der Waals surface area contributed by atoms with Crippen molar-refractivity contribution in [2.75, 3.05) is 72.7 Å². The fourth-order valence-corrected chi connectivity index (χ4v) is 3.03. The van der Waals surface area contributed by atoms with Gasteiger partial charge in [-0.3, -0.25) is 4.90 Å². The van der Waals surface area contributed by atoms with Gasteiger partial charge in [0.2, 0.25) is 5.29 Å². The van der Waals surface area contributed by atoms with Crippen LogP contribution in [0.4, 0.5) is 0 Å². The Morgan fingerprint density at radius 2 is 1.86 bits per heavy atom. The van der Waals surface area contributed by atoms with Gasteiger partial charge in [0, 0.05) is 45.8 Å². The number of ether oxygens (including phenoxy) is 1. The minimum absolute atomic E-state index is 0.609. The lowest BCUT2D eigenvalue weighted by Gasteiger charge is -2.37. The van der Waals surface area contributed by atoms with Crippen LogP contribution < -0.4 is 0 Å². The third kappa shape index (κ3) is 3.88. The summed E-state index contributed by atoms with van der Waals surface area (Å²) in [6, 6.07) is 0. The molecule has 0 spiro atoms. The van der Waals surface area contributed by atoms with E-state index in [1.54, 1.807) is 0 Å². The van der Waals surface area contributed by atoms with E-state index in [0.717, 1.165) is 71.5 Å². The van der Waals surface area contributed by atoms with Crippen LogP contribution in [0.5, 0.6) is 0 Å². The highest BCUT2D eigenvalue weighted by atomic mass is 35.5. The maximum Gasteiger partial charge on any atom is 0.201 e. The molecule has 0 aromatic rings. The summed E-state index contributed by atoms with van der Waals surface area (Å²) in [5, 5.41) is 0.609. The smallest absolute Gasteiger partial charge is 0.201 e. The van der Waals surface area contributed by atoms with Gasteiger partial charge in [-0.1, -0.05) is 0 Å². The van der Waals surface area contributed by atoms with Gasteiger partial charge < -0.3 is 19.4 Å². The number of aliphatic imine (C=N–C) groups is 1. The number of piperazine rings is 1. The molecule has 0 radical (unpaired) electrons. The van der Waals surface area contributed by atoms with Crippen molar-refractivity contribution in [1.29, 1.82) is 0 Å². The summed E-state index contributed by atoms with van der Waals surface area (Å²) in [5.74, 6) is 0.998. The highest BCUT2D eigenvalue weighted by molar-refractivity contribution is 6.64. The molecule has 3 aliphatic rings. The molecule has 7 heteroatoms. The number of hydrogen-bond donors (Lipinski definition) is 0. The Bertz CT molecular complexity index is 414. The van der Waals surface area contributed by atoms with E-state index in [1.165, 1.54) is 0 Å². The van der Waals surface area contributed by atoms with Gasteiger partial charge in [-0.2, -0.15) is 0 Å². The molecule has 0 N–H and O–H groups in total. The Kier molecular flexibility index (Phi) is 5.00. The number of halogens is 1. The van der Waals surface area contributed by atoms with E-state index in [-0.39, 0.29) is 0 Å². The highest BCUT2D eigenvalue weighted by Crippen LogP contribution is 2.17. The first-order valence-electron chi connectivity index (χ1n) is 7.65. The van der Waals surface area contributed by atoms with Gasteiger partial charge in [0.05, 0.1) is 19.9 Å². The van der Waals surface area contributed by atoms with Crippen molar-refractivity contribution >= 4 is 16.9 Å². The van der Waals surface area contributed by atoms with Crippen molar-refractivity contribution in [1.82, 2.24) is 19.6 Å². The maximum absolute atomic E-state index is 6.38. The van der Waals surface area contributed by atoms with Crippen LogP contribution in [-0.4, -0.2) is 97.6 Å². The van der Waals surface area contributed by atoms with Crippen LogP contribution in [0.2, 0.25) is 0 Å². The standard InChI is InChI=1S/C14H24ClN5O/c1-17-4-6-18(7-5-17)12-20-3-2-13(16-14(20)15)19-8-10-21-11-9-19/h2H,3-12H2,1H3. The van der Waals surface area contributed by atoms with Crippen molar-refractivity contribution in [3.05, 3.63) is 11.9 Å². The normalized spacial score (nSPS) is 25.8. The highest BCUT2D eigenvalue weighted by Gasteiger charge is 2.22. The zero-order valence-corrected chi connectivity index (χ0v) is 13.4. The van der Waals surface area contributed by atoms with E-state index in [0.29, 0.717) is 5.29 Å².